The first-order valence-electron chi connectivity index (χ1n) is 8.37. The van der Waals surface area contributed by atoms with Crippen molar-refractivity contribution >= 4 is 23.4 Å². The van der Waals surface area contributed by atoms with Gasteiger partial charge in [0.1, 0.15) is 4.88 Å². The summed E-state index contributed by atoms with van der Waals surface area (Å²) in [6.45, 7) is 6.78. The number of rotatable bonds is 6. The molecule has 1 aromatic rings. The molecule has 132 valence electrons. The van der Waals surface area contributed by atoms with Crippen LogP contribution in [0.1, 0.15) is 61.8 Å². The summed E-state index contributed by atoms with van der Waals surface area (Å²) in [5.41, 5.74) is 0.924. The van der Waals surface area contributed by atoms with Crippen molar-refractivity contribution in [2.45, 2.75) is 52.9 Å². The molecule has 1 N–H and O–H groups in total. The summed E-state index contributed by atoms with van der Waals surface area (Å²) in [5, 5.41) is 13.8. The minimum Gasteiger partial charge on any atom is -0.481 e. The number of hydrogen-bond acceptors (Lipinski definition) is 5. The fourth-order valence-electron chi connectivity index (χ4n) is 3.05. The van der Waals surface area contributed by atoms with E-state index in [1.54, 1.807) is 4.90 Å². The number of aliphatic carboxylic acids is 1. The Balaban J connectivity index is 2.21. The highest BCUT2D eigenvalue weighted by Crippen LogP contribution is 2.35. The van der Waals surface area contributed by atoms with Crippen LogP contribution in [0.2, 0.25) is 0 Å². The summed E-state index contributed by atoms with van der Waals surface area (Å²) in [7, 11) is 0. The first-order chi connectivity index (χ1) is 11.4. The van der Waals surface area contributed by atoms with Gasteiger partial charge >= 0.3 is 5.97 Å². The molecule has 2 rings (SSSR count). The molecule has 0 aromatic carbocycles. The minimum atomic E-state index is -0.895. The van der Waals surface area contributed by atoms with E-state index in [2.05, 4.69) is 9.59 Å². The molecule has 0 saturated carbocycles. The van der Waals surface area contributed by atoms with Gasteiger partial charge in [0.15, 0.2) is 0 Å². The van der Waals surface area contributed by atoms with E-state index in [0.29, 0.717) is 37.1 Å². The Hall–Kier alpha value is -1.76. The highest BCUT2D eigenvalue weighted by Gasteiger charge is 2.43. The first-order valence-corrected chi connectivity index (χ1v) is 9.14. The van der Waals surface area contributed by atoms with E-state index in [-0.39, 0.29) is 12.5 Å². The average Bonchev–Trinajstić information content (AvgIpc) is 3.01. The topological polar surface area (TPSA) is 83.4 Å². The lowest BCUT2D eigenvalue weighted by Gasteiger charge is -2.39. The molecule has 7 heteroatoms. The van der Waals surface area contributed by atoms with E-state index in [0.717, 1.165) is 29.2 Å². The second-order valence-corrected chi connectivity index (χ2v) is 7.45. The molecular formula is C17H25N3O3S. The van der Waals surface area contributed by atoms with Gasteiger partial charge in [-0.25, -0.2) is 0 Å². The van der Waals surface area contributed by atoms with Crippen molar-refractivity contribution < 1.29 is 14.7 Å². The number of likely N-dealkylation sites (tertiary alicyclic amines) is 1. The van der Waals surface area contributed by atoms with Crippen LogP contribution in [0.3, 0.4) is 0 Å². The summed E-state index contributed by atoms with van der Waals surface area (Å²) in [6.07, 6.45) is 5.32. The zero-order valence-electron chi connectivity index (χ0n) is 14.5. The van der Waals surface area contributed by atoms with Crippen LogP contribution in [-0.4, -0.2) is 44.6 Å². The lowest BCUT2D eigenvalue weighted by molar-refractivity contribution is -0.151. The number of allylic oxidation sites excluding steroid dienone is 2. The van der Waals surface area contributed by atoms with Crippen LogP contribution in [0.15, 0.2) is 11.6 Å². The van der Waals surface area contributed by atoms with Gasteiger partial charge in [-0.1, -0.05) is 29.5 Å². The molecule has 1 fully saturated rings. The predicted molar refractivity (Wildman–Crippen MR) is 93.2 cm³/mol. The number of carbonyl (C=O) groups is 2. The van der Waals surface area contributed by atoms with Gasteiger partial charge < -0.3 is 10.0 Å². The number of aromatic nitrogens is 2. The normalized spacial score (nSPS) is 20.7. The van der Waals surface area contributed by atoms with Gasteiger partial charge in [-0.05, 0) is 51.1 Å². The van der Waals surface area contributed by atoms with Gasteiger partial charge in [0, 0.05) is 13.1 Å². The Morgan fingerprint density at radius 3 is 2.79 bits per heavy atom. The molecule has 6 nitrogen and oxygen atoms in total. The molecule has 0 spiro atoms. The second-order valence-electron chi connectivity index (χ2n) is 6.70. The molecule has 0 aliphatic carbocycles. The van der Waals surface area contributed by atoms with E-state index < -0.39 is 11.4 Å². The van der Waals surface area contributed by atoms with E-state index in [9.17, 15) is 14.7 Å². The van der Waals surface area contributed by atoms with Gasteiger partial charge in [0.2, 0.25) is 0 Å². The van der Waals surface area contributed by atoms with Gasteiger partial charge in [0.25, 0.3) is 5.91 Å². The molecule has 1 aliphatic heterocycles. The monoisotopic (exact) mass is 351 g/mol. The Bertz CT molecular complexity index is 637. The van der Waals surface area contributed by atoms with E-state index in [4.69, 9.17) is 0 Å². The number of nitrogens with zero attached hydrogens (tertiary/aromatic N) is 3. The number of aryl methyl sites for hydroxylation is 1. The quantitative estimate of drug-likeness (QED) is 0.796. The Morgan fingerprint density at radius 1 is 1.42 bits per heavy atom. The van der Waals surface area contributed by atoms with E-state index in [1.165, 1.54) is 0 Å². The third kappa shape index (κ3) is 4.01. The Kier molecular flexibility index (Phi) is 6.10. The van der Waals surface area contributed by atoms with Crippen LogP contribution >= 0.6 is 11.5 Å². The molecular weight excluding hydrogens is 326 g/mol. The number of amides is 1. The molecule has 2 heterocycles. The number of carboxylic acids is 1. The third-order valence-electron chi connectivity index (χ3n) is 4.46. The largest absolute Gasteiger partial charge is 0.481 e. The van der Waals surface area contributed by atoms with Gasteiger partial charge in [-0.15, -0.1) is 5.10 Å². The standard InChI is InChI=1S/C17H25N3O3S/c1-4-6-13-14(24-19-18-13)15(21)20-10-5-8-17(11-20,16(22)23)9-7-12(2)3/h7H,4-6,8-11H2,1-3H3,(H,22,23). The molecule has 1 aromatic heterocycles. The number of carbonyl (C=O) groups excluding carboxylic acids is 1. The molecule has 1 atom stereocenters. The number of piperidine rings is 1. The van der Waals surface area contributed by atoms with E-state index >= 15 is 0 Å². The lowest BCUT2D eigenvalue weighted by Crippen LogP contribution is -2.49. The fourth-order valence-corrected chi connectivity index (χ4v) is 3.72. The molecule has 0 radical (unpaired) electrons. The molecule has 1 saturated heterocycles. The highest BCUT2D eigenvalue weighted by atomic mass is 32.1. The van der Waals surface area contributed by atoms with Crippen molar-refractivity contribution in [2.24, 2.45) is 5.41 Å². The molecule has 1 unspecified atom stereocenters. The molecule has 24 heavy (non-hydrogen) atoms. The van der Waals surface area contributed by atoms with Crippen LogP contribution in [0.4, 0.5) is 0 Å². The SMILES string of the molecule is CCCc1nnsc1C(=O)N1CCCC(CC=C(C)C)(C(=O)O)C1. The third-order valence-corrected chi connectivity index (χ3v) is 5.21. The predicted octanol–water partition coefficient (Wildman–Crippen LogP) is 3.15. The smallest absolute Gasteiger partial charge is 0.311 e. The maximum Gasteiger partial charge on any atom is 0.311 e. The molecule has 1 amide bonds. The fraction of sp³-hybridized carbons (Fsp3) is 0.647. The first kappa shape index (κ1) is 18.6. The van der Waals surface area contributed by atoms with Crippen LogP contribution in [0, 0.1) is 5.41 Å². The molecule has 0 bridgehead atoms. The zero-order chi connectivity index (χ0) is 17.7. The van der Waals surface area contributed by atoms with Crippen molar-refractivity contribution in [2.75, 3.05) is 13.1 Å². The van der Waals surface area contributed by atoms with Crippen LogP contribution in [0.5, 0.6) is 0 Å². The van der Waals surface area contributed by atoms with Crippen LogP contribution < -0.4 is 0 Å². The summed E-state index contributed by atoms with van der Waals surface area (Å²) in [5.74, 6) is -0.954. The van der Waals surface area contributed by atoms with Gasteiger partial charge in [0.05, 0.1) is 11.1 Å². The maximum absolute atomic E-state index is 12.9. The summed E-state index contributed by atoms with van der Waals surface area (Å²) in [6, 6.07) is 0. The van der Waals surface area contributed by atoms with Crippen molar-refractivity contribution in [1.82, 2.24) is 14.5 Å². The van der Waals surface area contributed by atoms with Crippen molar-refractivity contribution in [3.05, 3.63) is 22.2 Å². The zero-order valence-corrected chi connectivity index (χ0v) is 15.4. The van der Waals surface area contributed by atoms with Crippen molar-refractivity contribution in [3.8, 4) is 0 Å². The van der Waals surface area contributed by atoms with Crippen LogP contribution in [0.25, 0.3) is 0 Å². The van der Waals surface area contributed by atoms with Crippen LogP contribution in [-0.2, 0) is 11.2 Å². The number of carboxylic acid groups (broad SMARTS) is 1. The number of hydrogen-bond donors (Lipinski definition) is 1. The summed E-state index contributed by atoms with van der Waals surface area (Å²) in [4.78, 5) is 27.0. The molecule has 1 aliphatic rings. The minimum absolute atomic E-state index is 0.129. The van der Waals surface area contributed by atoms with Gasteiger partial charge in [-0.3, -0.25) is 9.59 Å². The van der Waals surface area contributed by atoms with Gasteiger partial charge in [-0.2, -0.15) is 0 Å². The second kappa shape index (κ2) is 7.88. The van der Waals surface area contributed by atoms with Crippen molar-refractivity contribution in [1.29, 1.82) is 0 Å². The van der Waals surface area contributed by atoms with E-state index in [1.807, 2.05) is 26.8 Å². The summed E-state index contributed by atoms with van der Waals surface area (Å²) >= 11 is 1.11. The lowest BCUT2D eigenvalue weighted by atomic mass is 9.76. The Morgan fingerprint density at radius 2 is 2.17 bits per heavy atom. The maximum atomic E-state index is 12.9. The average molecular weight is 351 g/mol. The highest BCUT2D eigenvalue weighted by molar-refractivity contribution is 7.08. The van der Waals surface area contributed by atoms with Crippen molar-refractivity contribution in [3.63, 3.8) is 0 Å². The summed E-state index contributed by atoms with van der Waals surface area (Å²) < 4.78 is 3.91. The Labute approximate surface area is 146 Å².